The van der Waals surface area contributed by atoms with Gasteiger partial charge in [0.1, 0.15) is 5.82 Å². The maximum absolute atomic E-state index is 4.48. The van der Waals surface area contributed by atoms with Crippen molar-refractivity contribution < 1.29 is 0 Å². The number of rotatable bonds is 4. The molecule has 0 amide bonds. The molecule has 1 saturated heterocycles. The van der Waals surface area contributed by atoms with Gasteiger partial charge in [-0.25, -0.2) is 4.98 Å². The van der Waals surface area contributed by atoms with Crippen LogP contribution in [0.1, 0.15) is 12.5 Å². The van der Waals surface area contributed by atoms with Crippen molar-refractivity contribution in [3.8, 4) is 0 Å². The van der Waals surface area contributed by atoms with Gasteiger partial charge in [0.25, 0.3) is 0 Å². The van der Waals surface area contributed by atoms with Crippen LogP contribution >= 0.6 is 0 Å². The monoisotopic (exact) mass is 234 g/mol. The van der Waals surface area contributed by atoms with E-state index >= 15 is 0 Å². The number of hydrogen-bond acceptors (Lipinski definition) is 4. The number of likely N-dealkylation sites (N-methyl/N-ethyl adjacent to an activating group) is 1. The van der Waals surface area contributed by atoms with Gasteiger partial charge >= 0.3 is 0 Å². The zero-order valence-electron chi connectivity index (χ0n) is 10.8. The molecule has 0 aliphatic carbocycles. The minimum absolute atomic E-state index is 0.930. The Kier molecular flexibility index (Phi) is 4.34. The van der Waals surface area contributed by atoms with E-state index in [4.69, 9.17) is 0 Å². The molecule has 4 nitrogen and oxygen atoms in total. The predicted molar refractivity (Wildman–Crippen MR) is 71.3 cm³/mol. The van der Waals surface area contributed by atoms with Gasteiger partial charge in [0.05, 0.1) is 0 Å². The average molecular weight is 234 g/mol. The van der Waals surface area contributed by atoms with E-state index in [0.717, 1.165) is 45.1 Å². The van der Waals surface area contributed by atoms with E-state index in [1.807, 2.05) is 6.20 Å². The van der Waals surface area contributed by atoms with Gasteiger partial charge in [0.2, 0.25) is 0 Å². The third-order valence-corrected chi connectivity index (χ3v) is 3.22. The first-order valence-corrected chi connectivity index (χ1v) is 6.38. The molecule has 0 unspecified atom stereocenters. The molecule has 1 aliphatic heterocycles. The third kappa shape index (κ3) is 3.41. The van der Waals surface area contributed by atoms with Gasteiger partial charge < -0.3 is 15.1 Å². The zero-order chi connectivity index (χ0) is 12.1. The van der Waals surface area contributed by atoms with Gasteiger partial charge in [-0.2, -0.15) is 0 Å². The number of anilines is 1. The molecular formula is C13H22N4. The molecule has 1 aromatic heterocycles. The van der Waals surface area contributed by atoms with E-state index < -0.39 is 0 Å². The third-order valence-electron chi connectivity index (χ3n) is 3.22. The molecule has 0 radical (unpaired) electrons. The Morgan fingerprint density at radius 3 is 2.76 bits per heavy atom. The molecular weight excluding hydrogens is 212 g/mol. The summed E-state index contributed by atoms with van der Waals surface area (Å²) in [5.41, 5.74) is 1.32. The highest BCUT2D eigenvalue weighted by atomic mass is 15.3. The van der Waals surface area contributed by atoms with Crippen LogP contribution in [0.5, 0.6) is 0 Å². The summed E-state index contributed by atoms with van der Waals surface area (Å²) in [5, 5.41) is 3.35. The molecule has 4 heteroatoms. The van der Waals surface area contributed by atoms with Crippen LogP contribution in [0.15, 0.2) is 18.3 Å². The van der Waals surface area contributed by atoms with Crippen LogP contribution in [-0.2, 0) is 6.54 Å². The Balaban J connectivity index is 2.00. The van der Waals surface area contributed by atoms with Crippen LogP contribution in [-0.4, -0.2) is 49.7 Å². The SMILES string of the molecule is CCNCc1ccnc(N2CCN(C)CC2)c1. The highest BCUT2D eigenvalue weighted by molar-refractivity contribution is 5.41. The van der Waals surface area contributed by atoms with E-state index in [-0.39, 0.29) is 0 Å². The highest BCUT2D eigenvalue weighted by Crippen LogP contribution is 2.14. The van der Waals surface area contributed by atoms with Gasteiger partial charge in [0.15, 0.2) is 0 Å². The number of nitrogens with zero attached hydrogens (tertiary/aromatic N) is 3. The summed E-state index contributed by atoms with van der Waals surface area (Å²) in [4.78, 5) is 9.21. The molecule has 1 aromatic rings. The van der Waals surface area contributed by atoms with Gasteiger partial charge in [-0.05, 0) is 31.3 Å². The van der Waals surface area contributed by atoms with Crippen molar-refractivity contribution in [2.75, 3.05) is 44.7 Å². The fourth-order valence-electron chi connectivity index (χ4n) is 2.05. The topological polar surface area (TPSA) is 31.4 Å². The molecule has 0 atom stereocenters. The molecule has 0 saturated carbocycles. The highest BCUT2D eigenvalue weighted by Gasteiger charge is 2.15. The molecule has 1 N–H and O–H groups in total. The van der Waals surface area contributed by atoms with Crippen molar-refractivity contribution >= 4 is 5.82 Å². The number of hydrogen-bond donors (Lipinski definition) is 1. The Labute approximate surface area is 104 Å². The van der Waals surface area contributed by atoms with Crippen molar-refractivity contribution in [1.29, 1.82) is 0 Å². The number of nitrogens with one attached hydrogen (secondary N) is 1. The van der Waals surface area contributed by atoms with Crippen molar-refractivity contribution in [1.82, 2.24) is 15.2 Å². The van der Waals surface area contributed by atoms with Crippen LogP contribution in [0.25, 0.3) is 0 Å². The zero-order valence-corrected chi connectivity index (χ0v) is 10.8. The van der Waals surface area contributed by atoms with Crippen LogP contribution in [0.3, 0.4) is 0 Å². The second-order valence-electron chi connectivity index (χ2n) is 4.59. The van der Waals surface area contributed by atoms with E-state index in [2.05, 4.69) is 46.2 Å². The largest absolute Gasteiger partial charge is 0.354 e. The molecule has 2 heterocycles. The minimum atomic E-state index is 0.930. The smallest absolute Gasteiger partial charge is 0.128 e. The molecule has 0 aromatic carbocycles. The van der Waals surface area contributed by atoms with Crippen molar-refractivity contribution in [3.05, 3.63) is 23.9 Å². The summed E-state index contributed by atoms with van der Waals surface area (Å²) < 4.78 is 0. The van der Waals surface area contributed by atoms with Crippen molar-refractivity contribution in [2.45, 2.75) is 13.5 Å². The lowest BCUT2D eigenvalue weighted by atomic mass is 10.2. The molecule has 1 aliphatic rings. The summed E-state index contributed by atoms with van der Waals surface area (Å²) in [6.45, 7) is 8.47. The van der Waals surface area contributed by atoms with Crippen LogP contribution in [0.4, 0.5) is 5.82 Å². The lowest BCUT2D eigenvalue weighted by Gasteiger charge is -2.33. The van der Waals surface area contributed by atoms with Gasteiger partial charge in [-0.15, -0.1) is 0 Å². The fraction of sp³-hybridized carbons (Fsp3) is 0.615. The second-order valence-corrected chi connectivity index (χ2v) is 4.59. The second kappa shape index (κ2) is 5.98. The van der Waals surface area contributed by atoms with E-state index in [1.54, 1.807) is 0 Å². The lowest BCUT2D eigenvalue weighted by Crippen LogP contribution is -2.44. The maximum Gasteiger partial charge on any atom is 0.128 e. The summed E-state index contributed by atoms with van der Waals surface area (Å²) >= 11 is 0. The molecule has 94 valence electrons. The number of pyridine rings is 1. The first-order chi connectivity index (χ1) is 8.29. The van der Waals surface area contributed by atoms with Gasteiger partial charge in [-0.1, -0.05) is 6.92 Å². The Bertz CT molecular complexity index is 345. The van der Waals surface area contributed by atoms with Crippen LogP contribution in [0, 0.1) is 0 Å². The van der Waals surface area contributed by atoms with E-state index in [1.165, 1.54) is 5.56 Å². The van der Waals surface area contributed by atoms with Crippen LogP contribution in [0.2, 0.25) is 0 Å². The van der Waals surface area contributed by atoms with Crippen molar-refractivity contribution in [2.24, 2.45) is 0 Å². The summed E-state index contributed by atoms with van der Waals surface area (Å²) in [6.07, 6.45) is 1.92. The molecule has 0 bridgehead atoms. The lowest BCUT2D eigenvalue weighted by molar-refractivity contribution is 0.312. The summed E-state index contributed by atoms with van der Waals surface area (Å²) in [5.74, 6) is 1.12. The first kappa shape index (κ1) is 12.3. The van der Waals surface area contributed by atoms with Crippen molar-refractivity contribution in [3.63, 3.8) is 0 Å². The summed E-state index contributed by atoms with van der Waals surface area (Å²) in [7, 11) is 2.17. The Hall–Kier alpha value is -1.13. The molecule has 2 rings (SSSR count). The molecule has 1 fully saturated rings. The Morgan fingerprint density at radius 1 is 1.29 bits per heavy atom. The standard InChI is InChI=1S/C13H22N4/c1-3-14-11-12-4-5-15-13(10-12)17-8-6-16(2)7-9-17/h4-5,10,14H,3,6-9,11H2,1-2H3. The number of aromatic nitrogens is 1. The van der Waals surface area contributed by atoms with E-state index in [9.17, 15) is 0 Å². The van der Waals surface area contributed by atoms with E-state index in [0.29, 0.717) is 0 Å². The Morgan fingerprint density at radius 2 is 2.06 bits per heavy atom. The quantitative estimate of drug-likeness (QED) is 0.840. The summed E-state index contributed by atoms with van der Waals surface area (Å²) in [6, 6.07) is 4.29. The average Bonchev–Trinajstić information content (AvgIpc) is 2.37. The normalized spacial score (nSPS) is 17.4. The predicted octanol–water partition coefficient (Wildman–Crippen LogP) is 0.943. The maximum atomic E-state index is 4.48. The molecule has 0 spiro atoms. The van der Waals surface area contributed by atoms with Crippen LogP contribution < -0.4 is 10.2 Å². The van der Waals surface area contributed by atoms with Gasteiger partial charge in [-0.3, -0.25) is 0 Å². The first-order valence-electron chi connectivity index (χ1n) is 6.38. The fourth-order valence-corrected chi connectivity index (χ4v) is 2.05. The van der Waals surface area contributed by atoms with Gasteiger partial charge in [0, 0.05) is 38.9 Å². The minimum Gasteiger partial charge on any atom is -0.354 e. The molecule has 17 heavy (non-hydrogen) atoms. The number of piperazine rings is 1.